The zero-order valence-corrected chi connectivity index (χ0v) is 6.67. The van der Waals surface area contributed by atoms with Crippen molar-refractivity contribution in [3.63, 3.8) is 0 Å². The molecule has 11 heavy (non-hydrogen) atoms. The molecule has 0 fully saturated rings. The number of phenolic OH excluding ortho intramolecular Hbond substituents is 1. The largest absolute Gasteiger partial charge is 0.506 e. The third kappa shape index (κ3) is 1.85. The maximum atomic E-state index is 9.29. The second kappa shape index (κ2) is 3.60. The fourth-order valence-electron chi connectivity index (χ4n) is 0.882. The van der Waals surface area contributed by atoms with E-state index < -0.39 is 0 Å². The van der Waals surface area contributed by atoms with Crippen LogP contribution in [0, 0.1) is 0 Å². The highest BCUT2D eigenvalue weighted by molar-refractivity contribution is 6.32. The van der Waals surface area contributed by atoms with Gasteiger partial charge in [0.05, 0.1) is 5.02 Å². The van der Waals surface area contributed by atoms with Crippen LogP contribution in [0.25, 0.3) is 0 Å². The lowest BCUT2D eigenvalue weighted by Gasteiger charge is -2.02. The van der Waals surface area contributed by atoms with Crippen molar-refractivity contribution in [3.8, 4) is 5.75 Å². The molecule has 3 heteroatoms. The first-order chi connectivity index (χ1) is 5.25. The molecule has 0 saturated heterocycles. The summed E-state index contributed by atoms with van der Waals surface area (Å²) in [6.07, 6.45) is 0.437. The summed E-state index contributed by atoms with van der Waals surface area (Å²) in [4.78, 5) is 0. The van der Waals surface area contributed by atoms with Gasteiger partial charge in [-0.1, -0.05) is 23.7 Å². The SMILES string of the molecule is OCCc1cccc(Cl)c1O. The van der Waals surface area contributed by atoms with Gasteiger partial charge in [-0.15, -0.1) is 0 Å². The summed E-state index contributed by atoms with van der Waals surface area (Å²) in [5.41, 5.74) is 0.681. The van der Waals surface area contributed by atoms with Gasteiger partial charge in [-0.25, -0.2) is 0 Å². The van der Waals surface area contributed by atoms with Crippen molar-refractivity contribution in [2.75, 3.05) is 6.61 Å². The highest BCUT2D eigenvalue weighted by atomic mass is 35.5. The molecule has 0 spiro atoms. The first kappa shape index (κ1) is 8.37. The fourth-order valence-corrected chi connectivity index (χ4v) is 1.08. The zero-order chi connectivity index (χ0) is 8.27. The van der Waals surface area contributed by atoms with E-state index in [-0.39, 0.29) is 12.4 Å². The van der Waals surface area contributed by atoms with Crippen molar-refractivity contribution in [2.24, 2.45) is 0 Å². The third-order valence-electron chi connectivity index (χ3n) is 1.45. The van der Waals surface area contributed by atoms with Crippen LogP contribution in [0.2, 0.25) is 5.02 Å². The predicted octanol–water partition coefficient (Wildman–Crippen LogP) is 1.58. The molecule has 0 amide bonds. The maximum absolute atomic E-state index is 9.29. The minimum Gasteiger partial charge on any atom is -0.506 e. The third-order valence-corrected chi connectivity index (χ3v) is 1.76. The lowest BCUT2D eigenvalue weighted by atomic mass is 10.1. The number of aliphatic hydroxyl groups excluding tert-OH is 1. The molecule has 0 unspecified atom stereocenters. The van der Waals surface area contributed by atoms with Gasteiger partial charge in [-0.3, -0.25) is 0 Å². The summed E-state index contributed by atoms with van der Waals surface area (Å²) in [6, 6.07) is 5.09. The highest BCUT2D eigenvalue weighted by Crippen LogP contribution is 2.26. The number of aliphatic hydroxyl groups is 1. The van der Waals surface area contributed by atoms with Gasteiger partial charge in [0.15, 0.2) is 0 Å². The summed E-state index contributed by atoms with van der Waals surface area (Å²) in [5, 5.41) is 18.2. The zero-order valence-electron chi connectivity index (χ0n) is 5.92. The molecule has 0 radical (unpaired) electrons. The Morgan fingerprint density at radius 1 is 1.36 bits per heavy atom. The maximum Gasteiger partial charge on any atom is 0.137 e. The van der Waals surface area contributed by atoms with Crippen molar-refractivity contribution >= 4 is 11.6 Å². The Bertz CT molecular complexity index is 248. The minimum atomic E-state index is 0.0217. The molecule has 0 aliphatic carbocycles. The summed E-state index contributed by atoms with van der Waals surface area (Å²) >= 11 is 5.62. The second-order valence-electron chi connectivity index (χ2n) is 2.22. The molecule has 0 bridgehead atoms. The van der Waals surface area contributed by atoms with Gasteiger partial charge in [-0.2, -0.15) is 0 Å². The number of hydrogen-bond donors (Lipinski definition) is 2. The van der Waals surface area contributed by atoms with E-state index in [0.29, 0.717) is 17.0 Å². The monoisotopic (exact) mass is 172 g/mol. The number of hydrogen-bond acceptors (Lipinski definition) is 2. The van der Waals surface area contributed by atoms with Crippen LogP contribution in [0.1, 0.15) is 5.56 Å². The minimum absolute atomic E-state index is 0.0217. The second-order valence-corrected chi connectivity index (χ2v) is 2.63. The van der Waals surface area contributed by atoms with Crippen LogP contribution in [-0.2, 0) is 6.42 Å². The van der Waals surface area contributed by atoms with Crippen molar-refractivity contribution in [1.82, 2.24) is 0 Å². The van der Waals surface area contributed by atoms with E-state index >= 15 is 0 Å². The lowest BCUT2D eigenvalue weighted by Crippen LogP contribution is -1.90. The van der Waals surface area contributed by atoms with Crippen LogP contribution in [-0.4, -0.2) is 16.8 Å². The Balaban J connectivity index is 2.96. The van der Waals surface area contributed by atoms with E-state index in [9.17, 15) is 5.11 Å². The molecule has 0 heterocycles. The molecule has 1 aromatic carbocycles. The van der Waals surface area contributed by atoms with Gasteiger partial charge in [-0.05, 0) is 18.1 Å². The fraction of sp³-hybridized carbons (Fsp3) is 0.250. The van der Waals surface area contributed by atoms with E-state index in [1.54, 1.807) is 18.2 Å². The van der Waals surface area contributed by atoms with E-state index in [0.717, 1.165) is 0 Å². The molecule has 0 aliphatic heterocycles. The Labute approximate surface area is 70.1 Å². The van der Waals surface area contributed by atoms with Crippen LogP contribution in [0.5, 0.6) is 5.75 Å². The van der Waals surface area contributed by atoms with Gasteiger partial charge < -0.3 is 10.2 Å². The van der Waals surface area contributed by atoms with Crippen molar-refractivity contribution in [3.05, 3.63) is 28.8 Å². The van der Waals surface area contributed by atoms with E-state index in [1.807, 2.05) is 0 Å². The number of halogens is 1. The molecule has 1 aromatic rings. The van der Waals surface area contributed by atoms with Gasteiger partial charge in [0.2, 0.25) is 0 Å². The Morgan fingerprint density at radius 2 is 2.09 bits per heavy atom. The van der Waals surface area contributed by atoms with Crippen molar-refractivity contribution < 1.29 is 10.2 Å². The lowest BCUT2D eigenvalue weighted by molar-refractivity contribution is 0.297. The van der Waals surface area contributed by atoms with E-state index in [4.69, 9.17) is 16.7 Å². The van der Waals surface area contributed by atoms with Gasteiger partial charge >= 0.3 is 0 Å². The molecule has 60 valence electrons. The summed E-state index contributed by atoms with van der Waals surface area (Å²) < 4.78 is 0. The first-order valence-corrected chi connectivity index (χ1v) is 3.70. The number of phenols is 1. The van der Waals surface area contributed by atoms with Crippen LogP contribution < -0.4 is 0 Å². The smallest absolute Gasteiger partial charge is 0.137 e. The van der Waals surface area contributed by atoms with E-state index in [2.05, 4.69) is 0 Å². The number of benzene rings is 1. The molecule has 2 nitrogen and oxygen atoms in total. The Kier molecular flexibility index (Phi) is 2.74. The normalized spacial score (nSPS) is 10.0. The van der Waals surface area contributed by atoms with Crippen molar-refractivity contribution in [1.29, 1.82) is 0 Å². The van der Waals surface area contributed by atoms with Crippen LogP contribution in [0.4, 0.5) is 0 Å². The predicted molar refractivity (Wildman–Crippen MR) is 43.9 cm³/mol. The van der Waals surface area contributed by atoms with Crippen LogP contribution >= 0.6 is 11.6 Å². The van der Waals surface area contributed by atoms with Crippen LogP contribution in [0.3, 0.4) is 0 Å². The first-order valence-electron chi connectivity index (χ1n) is 3.33. The average Bonchev–Trinajstić information content (AvgIpc) is 1.99. The Hall–Kier alpha value is -0.730. The summed E-state index contributed by atoms with van der Waals surface area (Å²) in [6.45, 7) is 0.0217. The summed E-state index contributed by atoms with van der Waals surface area (Å²) in [5.74, 6) is 0.0724. The number of aromatic hydroxyl groups is 1. The molecule has 2 N–H and O–H groups in total. The van der Waals surface area contributed by atoms with Crippen LogP contribution in [0.15, 0.2) is 18.2 Å². The Morgan fingerprint density at radius 3 is 2.73 bits per heavy atom. The molecular weight excluding hydrogens is 164 g/mol. The molecule has 0 atom stereocenters. The average molecular weight is 173 g/mol. The standard InChI is InChI=1S/C8H9ClO2/c9-7-3-1-2-6(4-5-10)8(7)11/h1-3,10-11H,4-5H2. The quantitative estimate of drug-likeness (QED) is 0.711. The van der Waals surface area contributed by atoms with Crippen molar-refractivity contribution in [2.45, 2.75) is 6.42 Å². The molecule has 1 rings (SSSR count). The molecule has 0 saturated carbocycles. The number of rotatable bonds is 2. The highest BCUT2D eigenvalue weighted by Gasteiger charge is 2.02. The molecular formula is C8H9ClO2. The van der Waals surface area contributed by atoms with Gasteiger partial charge in [0.25, 0.3) is 0 Å². The topological polar surface area (TPSA) is 40.5 Å². The van der Waals surface area contributed by atoms with Gasteiger partial charge in [0.1, 0.15) is 5.75 Å². The van der Waals surface area contributed by atoms with E-state index in [1.165, 1.54) is 0 Å². The summed E-state index contributed by atoms with van der Waals surface area (Å²) in [7, 11) is 0. The molecule has 0 aliphatic rings. The number of para-hydroxylation sites is 1. The van der Waals surface area contributed by atoms with Gasteiger partial charge in [0, 0.05) is 6.61 Å². The molecule has 0 aromatic heterocycles.